The summed E-state index contributed by atoms with van der Waals surface area (Å²) in [6.45, 7) is 5.51. The molecule has 0 spiro atoms. The molecule has 0 aliphatic rings. The third-order valence-corrected chi connectivity index (χ3v) is 5.89. The first-order valence-electron chi connectivity index (χ1n) is 8.86. The Morgan fingerprint density at radius 2 is 1.82 bits per heavy atom. The van der Waals surface area contributed by atoms with Crippen LogP contribution in [-0.2, 0) is 14.8 Å². The highest BCUT2D eigenvalue weighted by atomic mass is 35.5. The molecule has 5 nitrogen and oxygen atoms in total. The van der Waals surface area contributed by atoms with E-state index in [1.807, 2.05) is 38.1 Å². The Bertz CT molecular complexity index is 948. The fourth-order valence-electron chi connectivity index (χ4n) is 2.93. The highest BCUT2D eigenvalue weighted by molar-refractivity contribution is 7.92. The van der Waals surface area contributed by atoms with Crippen LogP contribution in [0.1, 0.15) is 37.4 Å². The van der Waals surface area contributed by atoms with Crippen molar-refractivity contribution in [2.75, 3.05) is 10.6 Å². The van der Waals surface area contributed by atoms with Crippen molar-refractivity contribution >= 4 is 33.2 Å². The Hall–Kier alpha value is -2.12. The molecule has 152 valence electrons. The molecule has 1 N–H and O–H groups in total. The minimum Gasteiger partial charge on any atom is -0.348 e. The summed E-state index contributed by atoms with van der Waals surface area (Å²) < 4.78 is 39.4. The van der Waals surface area contributed by atoms with Crippen LogP contribution in [-0.4, -0.2) is 26.6 Å². The number of nitrogens with one attached hydrogen (secondary N) is 1. The first kappa shape index (κ1) is 22.2. The number of carbonyl (C=O) groups excluding carboxylic acids is 1. The summed E-state index contributed by atoms with van der Waals surface area (Å²) in [7, 11) is -3.82. The third-order valence-electron chi connectivity index (χ3n) is 4.42. The molecule has 8 heteroatoms. The van der Waals surface area contributed by atoms with Crippen LogP contribution in [0.5, 0.6) is 0 Å². The van der Waals surface area contributed by atoms with Gasteiger partial charge in [-0.3, -0.25) is 9.10 Å². The van der Waals surface area contributed by atoms with Gasteiger partial charge in [0, 0.05) is 0 Å². The van der Waals surface area contributed by atoms with Crippen molar-refractivity contribution in [3.63, 3.8) is 0 Å². The lowest BCUT2D eigenvalue weighted by atomic mass is 10.1. The molecule has 0 fully saturated rings. The quantitative estimate of drug-likeness (QED) is 0.721. The standard InChI is InChI=1S/C20H24ClFN2O3S/c1-5-19(20(25)23-14(3)15-8-6-13(2)7-9-15)24(28(4,26)27)16-10-11-18(22)17(21)12-16/h6-12,14,19H,5H2,1-4H3,(H,23,25)/t14-,19-/m0/s1. The number of nitrogens with zero attached hydrogens (tertiary/aromatic N) is 1. The number of sulfonamides is 1. The largest absolute Gasteiger partial charge is 0.348 e. The molecule has 0 aliphatic carbocycles. The van der Waals surface area contributed by atoms with Gasteiger partial charge < -0.3 is 5.32 Å². The van der Waals surface area contributed by atoms with Gasteiger partial charge in [0.15, 0.2) is 0 Å². The second-order valence-electron chi connectivity index (χ2n) is 6.72. The van der Waals surface area contributed by atoms with E-state index in [9.17, 15) is 17.6 Å². The van der Waals surface area contributed by atoms with Gasteiger partial charge >= 0.3 is 0 Å². The molecular formula is C20H24ClFN2O3S. The maximum Gasteiger partial charge on any atom is 0.244 e. The van der Waals surface area contributed by atoms with Crippen LogP contribution >= 0.6 is 11.6 Å². The number of hydrogen-bond donors (Lipinski definition) is 1. The van der Waals surface area contributed by atoms with E-state index in [0.29, 0.717) is 0 Å². The van der Waals surface area contributed by atoms with Gasteiger partial charge in [-0.2, -0.15) is 0 Å². The van der Waals surface area contributed by atoms with Crippen molar-refractivity contribution in [2.45, 2.75) is 39.3 Å². The van der Waals surface area contributed by atoms with Crippen LogP contribution in [0.3, 0.4) is 0 Å². The fourth-order valence-corrected chi connectivity index (χ4v) is 4.31. The second-order valence-corrected chi connectivity index (χ2v) is 8.99. The number of rotatable bonds is 7. The van der Waals surface area contributed by atoms with E-state index < -0.39 is 27.8 Å². The number of aryl methyl sites for hydroxylation is 1. The topological polar surface area (TPSA) is 66.5 Å². The van der Waals surface area contributed by atoms with Crippen molar-refractivity contribution in [3.05, 3.63) is 64.4 Å². The summed E-state index contributed by atoms with van der Waals surface area (Å²) in [6, 6.07) is 9.99. The van der Waals surface area contributed by atoms with Crippen molar-refractivity contribution in [1.29, 1.82) is 0 Å². The summed E-state index contributed by atoms with van der Waals surface area (Å²) in [5, 5.41) is 2.65. The average molecular weight is 427 g/mol. The number of carbonyl (C=O) groups is 1. The minimum atomic E-state index is -3.82. The number of hydrogen-bond acceptors (Lipinski definition) is 3. The lowest BCUT2D eigenvalue weighted by Gasteiger charge is -2.31. The van der Waals surface area contributed by atoms with Crippen LogP contribution in [0, 0.1) is 12.7 Å². The summed E-state index contributed by atoms with van der Waals surface area (Å²) in [5.74, 6) is -1.11. The zero-order chi connectivity index (χ0) is 21.1. The van der Waals surface area contributed by atoms with Gasteiger partial charge in [-0.25, -0.2) is 12.8 Å². The average Bonchev–Trinajstić information content (AvgIpc) is 2.61. The molecule has 0 unspecified atom stereocenters. The van der Waals surface area contributed by atoms with E-state index in [4.69, 9.17) is 11.6 Å². The monoisotopic (exact) mass is 426 g/mol. The molecule has 0 aliphatic heterocycles. The number of benzene rings is 2. The van der Waals surface area contributed by atoms with E-state index >= 15 is 0 Å². The van der Waals surface area contributed by atoms with Gasteiger partial charge in [-0.1, -0.05) is 48.4 Å². The van der Waals surface area contributed by atoms with Crippen molar-refractivity contribution in [1.82, 2.24) is 5.32 Å². The number of anilines is 1. The Morgan fingerprint density at radius 1 is 1.21 bits per heavy atom. The fraction of sp³-hybridized carbons (Fsp3) is 0.350. The summed E-state index contributed by atoms with van der Waals surface area (Å²) in [4.78, 5) is 12.9. The molecule has 0 aromatic heterocycles. The molecular weight excluding hydrogens is 403 g/mol. The Kier molecular flexibility index (Phi) is 7.06. The first-order valence-corrected chi connectivity index (χ1v) is 11.1. The lowest BCUT2D eigenvalue weighted by Crippen LogP contribution is -2.49. The van der Waals surface area contributed by atoms with Crippen LogP contribution in [0.2, 0.25) is 5.02 Å². The first-order chi connectivity index (χ1) is 13.0. The van der Waals surface area contributed by atoms with Crippen LogP contribution in [0.25, 0.3) is 0 Å². The molecule has 2 aromatic carbocycles. The molecule has 0 heterocycles. The third kappa shape index (κ3) is 5.23. The highest BCUT2D eigenvalue weighted by Crippen LogP contribution is 2.27. The molecule has 2 atom stereocenters. The summed E-state index contributed by atoms with van der Waals surface area (Å²) in [6.07, 6.45) is 1.23. The highest BCUT2D eigenvalue weighted by Gasteiger charge is 2.32. The van der Waals surface area contributed by atoms with Gasteiger partial charge in [0.1, 0.15) is 11.9 Å². The number of halogens is 2. The summed E-state index contributed by atoms with van der Waals surface area (Å²) >= 11 is 5.82. The van der Waals surface area contributed by atoms with E-state index in [-0.39, 0.29) is 23.2 Å². The van der Waals surface area contributed by atoms with Crippen molar-refractivity contribution in [2.24, 2.45) is 0 Å². The molecule has 2 aromatic rings. The van der Waals surface area contributed by atoms with Crippen molar-refractivity contribution < 1.29 is 17.6 Å². The van der Waals surface area contributed by atoms with Gasteiger partial charge in [0.25, 0.3) is 0 Å². The lowest BCUT2D eigenvalue weighted by molar-refractivity contribution is -0.122. The normalized spacial score (nSPS) is 13.6. The molecule has 0 radical (unpaired) electrons. The summed E-state index contributed by atoms with van der Waals surface area (Å²) in [5.41, 5.74) is 2.15. The molecule has 28 heavy (non-hydrogen) atoms. The zero-order valence-corrected chi connectivity index (χ0v) is 17.8. The maximum absolute atomic E-state index is 13.5. The molecule has 0 saturated carbocycles. The smallest absolute Gasteiger partial charge is 0.244 e. The van der Waals surface area contributed by atoms with E-state index in [2.05, 4.69) is 5.32 Å². The van der Waals surface area contributed by atoms with Gasteiger partial charge in [0.05, 0.1) is 23.0 Å². The second kappa shape index (κ2) is 8.92. The van der Waals surface area contributed by atoms with Crippen molar-refractivity contribution in [3.8, 4) is 0 Å². The molecule has 1 amide bonds. The Labute approximate surface area is 170 Å². The Balaban J connectivity index is 2.33. The van der Waals surface area contributed by atoms with Crippen LogP contribution < -0.4 is 9.62 Å². The van der Waals surface area contributed by atoms with Gasteiger partial charge in [0.2, 0.25) is 15.9 Å². The van der Waals surface area contributed by atoms with E-state index in [1.165, 1.54) is 12.1 Å². The predicted molar refractivity (Wildman–Crippen MR) is 111 cm³/mol. The van der Waals surface area contributed by atoms with Gasteiger partial charge in [-0.15, -0.1) is 0 Å². The van der Waals surface area contributed by atoms with E-state index in [0.717, 1.165) is 27.8 Å². The predicted octanol–water partition coefficient (Wildman–Crippen LogP) is 4.21. The number of amides is 1. The SMILES string of the molecule is CC[C@@H](C(=O)N[C@@H](C)c1ccc(C)cc1)N(c1ccc(F)c(Cl)c1)S(C)(=O)=O. The maximum atomic E-state index is 13.5. The molecule has 2 rings (SSSR count). The minimum absolute atomic E-state index is 0.138. The van der Waals surface area contributed by atoms with Crippen LogP contribution in [0.4, 0.5) is 10.1 Å². The zero-order valence-electron chi connectivity index (χ0n) is 16.2. The molecule has 0 saturated heterocycles. The Morgan fingerprint density at radius 3 is 2.32 bits per heavy atom. The van der Waals surface area contributed by atoms with Crippen LogP contribution in [0.15, 0.2) is 42.5 Å². The molecule has 0 bridgehead atoms. The van der Waals surface area contributed by atoms with Gasteiger partial charge in [-0.05, 0) is 44.0 Å². The van der Waals surface area contributed by atoms with E-state index in [1.54, 1.807) is 6.92 Å².